The van der Waals surface area contributed by atoms with Crippen LogP contribution >= 0.6 is 11.6 Å². The molecular weight excluding hydrogens is 328 g/mol. The minimum absolute atomic E-state index is 0.00255. The lowest BCUT2D eigenvalue weighted by molar-refractivity contribution is -0.384. The van der Waals surface area contributed by atoms with Crippen LogP contribution in [0.25, 0.3) is 0 Å². The molecule has 2 rings (SSSR count). The van der Waals surface area contributed by atoms with Gasteiger partial charge in [-0.2, -0.15) is 4.98 Å². The minimum atomic E-state index is -0.726. The van der Waals surface area contributed by atoms with Crippen molar-refractivity contribution >= 4 is 29.1 Å². The Morgan fingerprint density at radius 2 is 2.43 bits per heavy atom. The molecule has 1 aromatic heterocycles. The van der Waals surface area contributed by atoms with Gasteiger partial charge < -0.3 is 14.4 Å². The number of carbonyl (C=O) groups is 1. The number of carbonyl (C=O) groups excluding carboxylic acids is 1. The predicted octanol–water partition coefficient (Wildman–Crippen LogP) is 1.59. The first-order valence-corrected chi connectivity index (χ1v) is 7.48. The van der Waals surface area contributed by atoms with Crippen molar-refractivity contribution in [3.63, 3.8) is 0 Å². The van der Waals surface area contributed by atoms with Crippen molar-refractivity contribution in [3.8, 4) is 0 Å². The molecule has 2 unspecified atom stereocenters. The highest BCUT2D eigenvalue weighted by Gasteiger charge is 2.38. The summed E-state index contributed by atoms with van der Waals surface area (Å²) in [7, 11) is 1.27. The van der Waals surface area contributed by atoms with Gasteiger partial charge in [-0.1, -0.05) is 6.92 Å². The topological polar surface area (TPSA) is 108 Å². The Morgan fingerprint density at radius 3 is 2.96 bits per heavy atom. The molecule has 0 spiro atoms. The summed E-state index contributed by atoms with van der Waals surface area (Å²) in [5.74, 6) is -0.494. The molecular formula is C13H17ClN4O5. The van der Waals surface area contributed by atoms with E-state index in [0.717, 1.165) is 6.20 Å². The van der Waals surface area contributed by atoms with Gasteiger partial charge in [-0.15, -0.1) is 0 Å². The van der Waals surface area contributed by atoms with E-state index < -0.39 is 16.9 Å². The maximum absolute atomic E-state index is 12.1. The van der Waals surface area contributed by atoms with Crippen molar-refractivity contribution in [2.24, 2.45) is 0 Å². The molecule has 2 atom stereocenters. The molecule has 126 valence electrons. The number of rotatable bonds is 6. The summed E-state index contributed by atoms with van der Waals surface area (Å²) >= 11 is 5.81. The van der Waals surface area contributed by atoms with Crippen LogP contribution in [0.3, 0.4) is 0 Å². The monoisotopic (exact) mass is 344 g/mol. The van der Waals surface area contributed by atoms with Gasteiger partial charge in [0.15, 0.2) is 0 Å². The van der Waals surface area contributed by atoms with Gasteiger partial charge in [0, 0.05) is 6.61 Å². The lowest BCUT2D eigenvalue weighted by atomic mass is 10.1. The zero-order chi connectivity index (χ0) is 17.0. The molecule has 10 heteroatoms. The molecule has 23 heavy (non-hydrogen) atoms. The molecule has 0 amide bonds. The van der Waals surface area contributed by atoms with E-state index >= 15 is 0 Å². The van der Waals surface area contributed by atoms with Crippen molar-refractivity contribution in [1.82, 2.24) is 9.97 Å². The second kappa shape index (κ2) is 7.51. The summed E-state index contributed by atoms with van der Waals surface area (Å²) in [6.07, 6.45) is 2.05. The van der Waals surface area contributed by atoms with Crippen LogP contribution in [0.2, 0.25) is 5.28 Å². The Labute approximate surface area is 137 Å². The molecule has 1 fully saturated rings. The van der Waals surface area contributed by atoms with Crippen LogP contribution in [-0.4, -0.2) is 53.3 Å². The van der Waals surface area contributed by atoms with Crippen LogP contribution in [0, 0.1) is 10.1 Å². The number of nitro groups is 1. The van der Waals surface area contributed by atoms with Gasteiger partial charge >= 0.3 is 11.7 Å². The fourth-order valence-electron chi connectivity index (χ4n) is 2.59. The Morgan fingerprint density at radius 1 is 1.70 bits per heavy atom. The molecule has 0 N–H and O–H groups in total. The Hall–Kier alpha value is -2.00. The number of nitrogens with zero attached hydrogens (tertiary/aromatic N) is 4. The van der Waals surface area contributed by atoms with E-state index in [9.17, 15) is 14.9 Å². The van der Waals surface area contributed by atoms with E-state index in [-0.39, 0.29) is 22.8 Å². The molecule has 1 aliphatic rings. The summed E-state index contributed by atoms with van der Waals surface area (Å²) in [6, 6.07) is -0.958. The number of anilines is 1. The third-order valence-corrected chi connectivity index (χ3v) is 3.84. The number of halogens is 1. The molecule has 0 bridgehead atoms. The fourth-order valence-corrected chi connectivity index (χ4v) is 2.72. The van der Waals surface area contributed by atoms with E-state index in [2.05, 4.69) is 9.97 Å². The van der Waals surface area contributed by atoms with E-state index in [4.69, 9.17) is 21.1 Å². The molecule has 0 aliphatic carbocycles. The predicted molar refractivity (Wildman–Crippen MR) is 81.5 cm³/mol. The van der Waals surface area contributed by atoms with Crippen LogP contribution in [0.15, 0.2) is 6.20 Å². The average molecular weight is 345 g/mol. The van der Waals surface area contributed by atoms with Crippen molar-refractivity contribution in [3.05, 3.63) is 21.6 Å². The third-order valence-electron chi connectivity index (χ3n) is 3.66. The van der Waals surface area contributed by atoms with Crippen LogP contribution < -0.4 is 4.90 Å². The second-order valence-electron chi connectivity index (χ2n) is 4.98. The first-order chi connectivity index (χ1) is 11.0. The maximum Gasteiger partial charge on any atom is 0.329 e. The highest BCUT2D eigenvalue weighted by molar-refractivity contribution is 6.28. The lowest BCUT2D eigenvalue weighted by Crippen LogP contribution is -2.49. The molecule has 1 aliphatic heterocycles. The van der Waals surface area contributed by atoms with E-state index in [0.29, 0.717) is 26.1 Å². The third kappa shape index (κ3) is 3.67. The van der Waals surface area contributed by atoms with E-state index in [1.54, 1.807) is 11.8 Å². The van der Waals surface area contributed by atoms with Crippen LogP contribution in [-0.2, 0) is 14.3 Å². The van der Waals surface area contributed by atoms with E-state index in [1.165, 1.54) is 7.11 Å². The molecule has 2 heterocycles. The van der Waals surface area contributed by atoms with Crippen LogP contribution in [0.1, 0.15) is 19.8 Å². The number of hydrogen-bond donors (Lipinski definition) is 0. The van der Waals surface area contributed by atoms with Crippen LogP contribution in [0.4, 0.5) is 11.5 Å². The van der Waals surface area contributed by atoms with Gasteiger partial charge in [0.2, 0.25) is 11.1 Å². The first-order valence-electron chi connectivity index (χ1n) is 7.10. The Bertz CT molecular complexity index is 594. The quantitative estimate of drug-likeness (QED) is 0.331. The summed E-state index contributed by atoms with van der Waals surface area (Å²) in [5, 5.41) is 11.2. The van der Waals surface area contributed by atoms with Crippen molar-refractivity contribution in [2.45, 2.75) is 31.8 Å². The van der Waals surface area contributed by atoms with Crippen molar-refractivity contribution in [2.75, 3.05) is 25.2 Å². The van der Waals surface area contributed by atoms with Gasteiger partial charge in [0.25, 0.3) is 0 Å². The van der Waals surface area contributed by atoms with Crippen LogP contribution in [0.5, 0.6) is 0 Å². The number of methoxy groups -OCH3 is 1. The normalized spacial score (nSPS) is 18.5. The average Bonchev–Trinajstić information content (AvgIpc) is 3.05. The zero-order valence-corrected chi connectivity index (χ0v) is 13.5. The standard InChI is InChI=1S/C13H17ClN4O5/c1-3-9(12(19)22-2)17(8-4-5-23-7-8)11-10(18(20)21)6-15-13(14)16-11/h6,8-9H,3-5,7H2,1-2H3. The highest BCUT2D eigenvalue weighted by Crippen LogP contribution is 2.32. The number of aromatic nitrogens is 2. The molecule has 1 saturated heterocycles. The number of esters is 1. The molecule has 0 aromatic carbocycles. The first kappa shape index (κ1) is 17.4. The summed E-state index contributed by atoms with van der Waals surface area (Å²) < 4.78 is 10.2. The van der Waals surface area contributed by atoms with Gasteiger partial charge in [-0.3, -0.25) is 10.1 Å². The summed E-state index contributed by atoms with van der Waals surface area (Å²) in [4.78, 5) is 32.1. The summed E-state index contributed by atoms with van der Waals surface area (Å²) in [6.45, 7) is 2.64. The largest absolute Gasteiger partial charge is 0.467 e. The Balaban J connectivity index is 2.55. The van der Waals surface area contributed by atoms with Gasteiger partial charge in [-0.25, -0.2) is 9.78 Å². The highest BCUT2D eigenvalue weighted by atomic mass is 35.5. The maximum atomic E-state index is 12.1. The Kier molecular flexibility index (Phi) is 5.67. The van der Waals surface area contributed by atoms with Crippen molar-refractivity contribution < 1.29 is 19.2 Å². The molecule has 1 aromatic rings. The zero-order valence-electron chi connectivity index (χ0n) is 12.8. The number of hydrogen-bond acceptors (Lipinski definition) is 8. The SMILES string of the molecule is CCC(C(=O)OC)N(c1nc(Cl)ncc1[N+](=O)[O-])C1CCOC1. The summed E-state index contributed by atoms with van der Waals surface area (Å²) in [5.41, 5.74) is -0.316. The minimum Gasteiger partial charge on any atom is -0.467 e. The smallest absolute Gasteiger partial charge is 0.329 e. The van der Waals surface area contributed by atoms with Gasteiger partial charge in [0.05, 0.1) is 24.7 Å². The molecule has 0 radical (unpaired) electrons. The second-order valence-corrected chi connectivity index (χ2v) is 5.31. The molecule has 0 saturated carbocycles. The number of ether oxygens (including phenoxy) is 2. The lowest BCUT2D eigenvalue weighted by Gasteiger charge is -2.34. The van der Waals surface area contributed by atoms with E-state index in [1.807, 2.05) is 0 Å². The van der Waals surface area contributed by atoms with Gasteiger partial charge in [0.1, 0.15) is 12.2 Å². The molecule has 9 nitrogen and oxygen atoms in total. The van der Waals surface area contributed by atoms with Gasteiger partial charge in [-0.05, 0) is 24.4 Å². The fraction of sp³-hybridized carbons (Fsp3) is 0.615. The van der Waals surface area contributed by atoms with Crippen molar-refractivity contribution in [1.29, 1.82) is 0 Å².